The molecular formula is C19H28N4O3. The Hall–Kier alpha value is -2.15. The van der Waals surface area contributed by atoms with Crippen molar-refractivity contribution in [3.63, 3.8) is 0 Å². The maximum absolute atomic E-state index is 12.9. The number of furan rings is 1. The highest BCUT2D eigenvalue weighted by atomic mass is 16.5. The molecule has 0 saturated carbocycles. The van der Waals surface area contributed by atoms with Crippen molar-refractivity contribution in [3.8, 4) is 0 Å². The summed E-state index contributed by atoms with van der Waals surface area (Å²) in [5, 5.41) is 3.85. The van der Waals surface area contributed by atoms with Crippen LogP contribution in [0.25, 0.3) is 0 Å². The quantitative estimate of drug-likeness (QED) is 0.755. The van der Waals surface area contributed by atoms with Gasteiger partial charge in [-0.3, -0.25) is 9.69 Å². The molecule has 7 nitrogen and oxygen atoms in total. The lowest BCUT2D eigenvalue weighted by Gasteiger charge is -2.17. The van der Waals surface area contributed by atoms with E-state index in [1.54, 1.807) is 6.92 Å². The van der Waals surface area contributed by atoms with Gasteiger partial charge in [0.2, 0.25) is 5.89 Å². The fourth-order valence-corrected chi connectivity index (χ4v) is 3.47. The first-order valence-electron chi connectivity index (χ1n) is 9.49. The lowest BCUT2D eigenvalue weighted by molar-refractivity contribution is 0.0756. The second-order valence-corrected chi connectivity index (χ2v) is 6.79. The van der Waals surface area contributed by atoms with Gasteiger partial charge in [-0.05, 0) is 32.5 Å². The van der Waals surface area contributed by atoms with Crippen LogP contribution in [0, 0.1) is 6.92 Å². The number of aromatic nitrogens is 2. The van der Waals surface area contributed by atoms with Gasteiger partial charge in [0.25, 0.3) is 5.91 Å². The summed E-state index contributed by atoms with van der Waals surface area (Å²) in [5.74, 6) is 2.65. The van der Waals surface area contributed by atoms with Gasteiger partial charge in [-0.1, -0.05) is 25.9 Å². The second kappa shape index (κ2) is 8.03. The number of rotatable bonds is 7. The number of carbonyl (C=O) groups excluding carboxylic acids is 1. The van der Waals surface area contributed by atoms with Crippen LogP contribution >= 0.6 is 0 Å². The molecule has 2 aromatic heterocycles. The Morgan fingerprint density at radius 3 is 2.73 bits per heavy atom. The van der Waals surface area contributed by atoms with Gasteiger partial charge in [0.05, 0.1) is 5.92 Å². The number of aryl methyl sites for hydroxylation is 2. The summed E-state index contributed by atoms with van der Waals surface area (Å²) >= 11 is 0. The van der Waals surface area contributed by atoms with Crippen molar-refractivity contribution in [3.05, 3.63) is 34.9 Å². The number of hydrogen-bond acceptors (Lipinski definition) is 6. The Kier molecular flexibility index (Phi) is 5.76. The molecule has 0 bridgehead atoms. The Morgan fingerprint density at radius 2 is 2.12 bits per heavy atom. The average molecular weight is 360 g/mol. The Labute approximate surface area is 154 Å². The molecule has 3 rings (SSSR count). The predicted octanol–water partition coefficient (Wildman–Crippen LogP) is 3.00. The van der Waals surface area contributed by atoms with Crippen molar-refractivity contribution in [1.82, 2.24) is 19.9 Å². The molecule has 0 spiro atoms. The van der Waals surface area contributed by atoms with Crippen LogP contribution in [0.2, 0.25) is 0 Å². The van der Waals surface area contributed by atoms with Gasteiger partial charge in [-0.15, -0.1) is 0 Å². The Bertz CT molecular complexity index is 748. The normalized spacial score (nSPS) is 17.4. The van der Waals surface area contributed by atoms with E-state index >= 15 is 0 Å². The highest BCUT2D eigenvalue weighted by Gasteiger charge is 2.33. The van der Waals surface area contributed by atoms with E-state index in [0.29, 0.717) is 30.6 Å². The van der Waals surface area contributed by atoms with Crippen molar-refractivity contribution < 1.29 is 13.7 Å². The van der Waals surface area contributed by atoms with Gasteiger partial charge in [0, 0.05) is 31.6 Å². The first kappa shape index (κ1) is 18.6. The van der Waals surface area contributed by atoms with Crippen molar-refractivity contribution in [1.29, 1.82) is 0 Å². The monoisotopic (exact) mass is 360 g/mol. The summed E-state index contributed by atoms with van der Waals surface area (Å²) in [6.07, 6.45) is 1.62. The van der Waals surface area contributed by atoms with Crippen LogP contribution in [0.1, 0.15) is 66.7 Å². The van der Waals surface area contributed by atoms with Gasteiger partial charge in [-0.2, -0.15) is 4.98 Å². The number of nitrogens with zero attached hydrogens (tertiary/aromatic N) is 4. The minimum Gasteiger partial charge on any atom is -0.456 e. The maximum Gasteiger partial charge on any atom is 0.289 e. The van der Waals surface area contributed by atoms with E-state index in [1.807, 2.05) is 11.0 Å². The summed E-state index contributed by atoms with van der Waals surface area (Å²) in [6.45, 7) is 12.2. The topological polar surface area (TPSA) is 75.6 Å². The second-order valence-electron chi connectivity index (χ2n) is 6.79. The number of hydrogen-bond donors (Lipinski definition) is 0. The van der Waals surface area contributed by atoms with Crippen LogP contribution in [0.15, 0.2) is 15.0 Å². The third-order valence-corrected chi connectivity index (χ3v) is 5.08. The highest BCUT2D eigenvalue weighted by Crippen LogP contribution is 2.28. The van der Waals surface area contributed by atoms with Gasteiger partial charge < -0.3 is 13.8 Å². The smallest absolute Gasteiger partial charge is 0.289 e. The van der Waals surface area contributed by atoms with E-state index < -0.39 is 0 Å². The molecular weight excluding hydrogens is 332 g/mol. The Balaban J connectivity index is 1.71. The first-order valence-corrected chi connectivity index (χ1v) is 9.49. The zero-order valence-corrected chi connectivity index (χ0v) is 16.1. The Morgan fingerprint density at radius 1 is 1.35 bits per heavy atom. The van der Waals surface area contributed by atoms with Crippen LogP contribution < -0.4 is 0 Å². The van der Waals surface area contributed by atoms with E-state index in [9.17, 15) is 4.79 Å². The van der Waals surface area contributed by atoms with Crippen LogP contribution in [0.5, 0.6) is 0 Å². The minimum atomic E-state index is -0.0516. The van der Waals surface area contributed by atoms with Crippen LogP contribution in [-0.2, 0) is 13.0 Å². The standard InChI is InChI=1S/C19H28N4O3/c1-5-16-15(11-22(6-2)7-3)10-17(25-16)19(24)23-9-8-14(12-23)18-20-13(4)21-26-18/h10,14H,5-9,11-12H2,1-4H3/t14-/m1/s1. The van der Waals surface area contributed by atoms with Gasteiger partial charge in [-0.25, -0.2) is 0 Å². The third-order valence-electron chi connectivity index (χ3n) is 5.08. The van der Waals surface area contributed by atoms with Gasteiger partial charge in [0.1, 0.15) is 5.76 Å². The van der Waals surface area contributed by atoms with Crippen LogP contribution in [0.4, 0.5) is 0 Å². The van der Waals surface area contributed by atoms with Crippen molar-refractivity contribution >= 4 is 5.91 Å². The summed E-state index contributed by atoms with van der Waals surface area (Å²) < 4.78 is 11.2. The molecule has 1 fully saturated rings. The number of amides is 1. The molecule has 1 amide bonds. The fourth-order valence-electron chi connectivity index (χ4n) is 3.47. The average Bonchev–Trinajstić information content (AvgIpc) is 3.37. The summed E-state index contributed by atoms with van der Waals surface area (Å²) in [5.41, 5.74) is 1.11. The lowest BCUT2D eigenvalue weighted by Crippen LogP contribution is -2.28. The molecule has 1 aliphatic heterocycles. The number of carbonyl (C=O) groups is 1. The zero-order valence-electron chi connectivity index (χ0n) is 16.1. The van der Waals surface area contributed by atoms with E-state index in [-0.39, 0.29) is 11.8 Å². The molecule has 3 heterocycles. The molecule has 1 atom stereocenters. The molecule has 0 radical (unpaired) electrons. The van der Waals surface area contributed by atoms with Gasteiger partial charge in [0.15, 0.2) is 11.6 Å². The molecule has 0 aromatic carbocycles. The van der Waals surface area contributed by atoms with E-state index in [2.05, 4.69) is 35.8 Å². The maximum atomic E-state index is 12.9. The fraction of sp³-hybridized carbons (Fsp3) is 0.632. The molecule has 0 unspecified atom stereocenters. The van der Waals surface area contributed by atoms with E-state index in [1.165, 1.54) is 0 Å². The van der Waals surface area contributed by atoms with Crippen molar-refractivity contribution in [2.45, 2.75) is 53.0 Å². The SMILES string of the molecule is CCc1oc(C(=O)N2CC[C@@H](c3nc(C)no3)C2)cc1CN(CC)CC. The molecule has 142 valence electrons. The van der Waals surface area contributed by atoms with Crippen molar-refractivity contribution in [2.75, 3.05) is 26.2 Å². The largest absolute Gasteiger partial charge is 0.456 e. The highest BCUT2D eigenvalue weighted by molar-refractivity contribution is 5.92. The first-order chi connectivity index (χ1) is 12.5. The van der Waals surface area contributed by atoms with Crippen LogP contribution in [-0.4, -0.2) is 52.0 Å². The third kappa shape index (κ3) is 3.82. The molecule has 1 saturated heterocycles. The minimum absolute atomic E-state index is 0.0516. The summed E-state index contributed by atoms with van der Waals surface area (Å²) in [7, 11) is 0. The molecule has 0 aliphatic carbocycles. The molecule has 7 heteroatoms. The predicted molar refractivity (Wildman–Crippen MR) is 97.0 cm³/mol. The lowest BCUT2D eigenvalue weighted by atomic mass is 10.1. The molecule has 0 N–H and O–H groups in total. The van der Waals surface area contributed by atoms with E-state index in [0.717, 1.165) is 43.8 Å². The number of likely N-dealkylation sites (tertiary alicyclic amines) is 1. The van der Waals surface area contributed by atoms with Crippen molar-refractivity contribution in [2.24, 2.45) is 0 Å². The van der Waals surface area contributed by atoms with Gasteiger partial charge >= 0.3 is 0 Å². The summed E-state index contributed by atoms with van der Waals surface area (Å²) in [4.78, 5) is 21.3. The molecule has 2 aromatic rings. The zero-order chi connectivity index (χ0) is 18.7. The molecule has 1 aliphatic rings. The van der Waals surface area contributed by atoms with Crippen LogP contribution in [0.3, 0.4) is 0 Å². The molecule has 26 heavy (non-hydrogen) atoms. The summed E-state index contributed by atoms with van der Waals surface area (Å²) in [6, 6.07) is 1.92. The van der Waals surface area contributed by atoms with E-state index in [4.69, 9.17) is 8.94 Å².